The van der Waals surface area contributed by atoms with E-state index in [0.717, 1.165) is 18.4 Å². The predicted molar refractivity (Wildman–Crippen MR) is 49.5 cm³/mol. The fraction of sp³-hybridized carbons (Fsp3) is 0.400. The van der Waals surface area contributed by atoms with Crippen LogP contribution in [0.15, 0.2) is 12.3 Å². The molecule has 1 rings (SSSR count). The van der Waals surface area contributed by atoms with Crippen LogP contribution < -0.4 is 4.74 Å². The molecule has 0 aliphatic carbocycles. The number of aromatic nitrogens is 1. The van der Waals surface area contributed by atoms with Crippen molar-refractivity contribution in [1.82, 2.24) is 4.98 Å². The van der Waals surface area contributed by atoms with Gasteiger partial charge in [-0.25, -0.2) is 4.98 Å². The third-order valence-corrected chi connectivity index (χ3v) is 1.76. The number of pyridine rings is 1. The van der Waals surface area contributed by atoms with Gasteiger partial charge in [0.1, 0.15) is 11.6 Å². The van der Waals surface area contributed by atoms with Crippen LogP contribution in [-0.2, 0) is 6.42 Å². The number of rotatable bonds is 3. The first-order valence-corrected chi connectivity index (χ1v) is 4.24. The maximum atomic E-state index is 8.77. The molecule has 3 heteroatoms. The average Bonchev–Trinajstić information content (AvgIpc) is 2.18. The summed E-state index contributed by atoms with van der Waals surface area (Å²) in [5.74, 6) is 0.405. The van der Waals surface area contributed by atoms with Crippen LogP contribution in [0, 0.1) is 11.3 Å². The van der Waals surface area contributed by atoms with Gasteiger partial charge in [0.25, 0.3) is 0 Å². The van der Waals surface area contributed by atoms with E-state index in [1.807, 2.05) is 6.07 Å². The largest absolute Gasteiger partial charge is 0.480 e. The number of hydrogen-bond donors (Lipinski definition) is 0. The maximum Gasteiger partial charge on any atom is 0.231 e. The predicted octanol–water partition coefficient (Wildman–Crippen LogP) is 1.91. The van der Waals surface area contributed by atoms with Crippen molar-refractivity contribution in [2.24, 2.45) is 0 Å². The Morgan fingerprint density at radius 3 is 2.92 bits per heavy atom. The van der Waals surface area contributed by atoms with E-state index in [9.17, 15) is 0 Å². The Bertz CT molecular complexity index is 328. The van der Waals surface area contributed by atoms with E-state index in [1.165, 1.54) is 7.11 Å². The van der Waals surface area contributed by atoms with E-state index in [2.05, 4.69) is 18.0 Å². The molecule has 13 heavy (non-hydrogen) atoms. The molecule has 68 valence electrons. The number of nitriles is 1. The Morgan fingerprint density at radius 1 is 1.62 bits per heavy atom. The average molecular weight is 176 g/mol. The van der Waals surface area contributed by atoms with Gasteiger partial charge in [-0.3, -0.25) is 0 Å². The van der Waals surface area contributed by atoms with Crippen molar-refractivity contribution in [2.45, 2.75) is 19.8 Å². The van der Waals surface area contributed by atoms with Crippen LogP contribution in [-0.4, -0.2) is 12.1 Å². The number of nitrogens with zero attached hydrogens (tertiary/aromatic N) is 2. The van der Waals surface area contributed by atoms with Crippen LogP contribution in [0.3, 0.4) is 0 Å². The van der Waals surface area contributed by atoms with Crippen molar-refractivity contribution in [2.75, 3.05) is 7.11 Å². The highest BCUT2D eigenvalue weighted by atomic mass is 16.5. The maximum absolute atomic E-state index is 8.77. The standard InChI is InChI=1S/C10H12N2O/c1-3-4-8-5-9(6-11)10(13-2)12-7-8/h5,7H,3-4H2,1-2H3. The number of hydrogen-bond acceptors (Lipinski definition) is 3. The Kier molecular flexibility index (Phi) is 3.27. The Balaban J connectivity index is 3.00. The van der Waals surface area contributed by atoms with Crippen molar-refractivity contribution < 1.29 is 4.74 Å². The summed E-state index contributed by atoms with van der Waals surface area (Å²) in [4.78, 5) is 4.04. The van der Waals surface area contributed by atoms with Gasteiger partial charge >= 0.3 is 0 Å². The second-order valence-electron chi connectivity index (χ2n) is 2.76. The molecule has 0 N–H and O–H groups in total. The molecular weight excluding hydrogens is 164 g/mol. The Labute approximate surface area is 78.0 Å². The van der Waals surface area contributed by atoms with Crippen molar-refractivity contribution >= 4 is 0 Å². The molecule has 0 saturated carbocycles. The zero-order valence-electron chi connectivity index (χ0n) is 7.87. The normalized spacial score (nSPS) is 9.31. The molecule has 0 amide bonds. The fourth-order valence-corrected chi connectivity index (χ4v) is 1.16. The smallest absolute Gasteiger partial charge is 0.231 e. The second-order valence-corrected chi connectivity index (χ2v) is 2.76. The summed E-state index contributed by atoms with van der Waals surface area (Å²) < 4.78 is 4.94. The summed E-state index contributed by atoms with van der Waals surface area (Å²) in [5.41, 5.74) is 1.59. The van der Waals surface area contributed by atoms with E-state index in [1.54, 1.807) is 6.20 Å². The first kappa shape index (κ1) is 9.53. The number of aryl methyl sites for hydroxylation is 1. The molecular formula is C10H12N2O. The lowest BCUT2D eigenvalue weighted by Crippen LogP contribution is -1.94. The SMILES string of the molecule is CCCc1cnc(OC)c(C#N)c1. The molecule has 3 nitrogen and oxygen atoms in total. The van der Waals surface area contributed by atoms with Crippen LogP contribution in [0.4, 0.5) is 0 Å². The minimum atomic E-state index is 0.405. The first-order chi connectivity index (χ1) is 6.31. The van der Waals surface area contributed by atoms with Gasteiger partial charge in [-0.1, -0.05) is 13.3 Å². The Hall–Kier alpha value is -1.56. The van der Waals surface area contributed by atoms with E-state index in [0.29, 0.717) is 11.4 Å². The minimum absolute atomic E-state index is 0.405. The van der Waals surface area contributed by atoms with Gasteiger partial charge in [-0.15, -0.1) is 0 Å². The van der Waals surface area contributed by atoms with Crippen LogP contribution >= 0.6 is 0 Å². The van der Waals surface area contributed by atoms with Gasteiger partial charge in [-0.2, -0.15) is 5.26 Å². The van der Waals surface area contributed by atoms with Gasteiger partial charge in [0, 0.05) is 6.20 Å². The lowest BCUT2D eigenvalue weighted by molar-refractivity contribution is 0.396. The molecule has 0 unspecified atom stereocenters. The van der Waals surface area contributed by atoms with Crippen LogP contribution in [0.1, 0.15) is 24.5 Å². The molecule has 0 aliphatic rings. The highest BCUT2D eigenvalue weighted by molar-refractivity contribution is 5.39. The molecule has 1 heterocycles. The molecule has 0 aliphatic heterocycles. The number of methoxy groups -OCH3 is 1. The summed E-state index contributed by atoms with van der Waals surface area (Å²) in [6.07, 6.45) is 3.76. The molecule has 0 radical (unpaired) electrons. The zero-order valence-corrected chi connectivity index (χ0v) is 7.87. The van der Waals surface area contributed by atoms with Gasteiger partial charge < -0.3 is 4.74 Å². The molecule has 1 aromatic heterocycles. The van der Waals surface area contributed by atoms with Crippen LogP contribution in [0.25, 0.3) is 0 Å². The lowest BCUT2D eigenvalue weighted by Gasteiger charge is -2.03. The van der Waals surface area contributed by atoms with Crippen LogP contribution in [0.5, 0.6) is 5.88 Å². The zero-order chi connectivity index (χ0) is 9.68. The summed E-state index contributed by atoms with van der Waals surface area (Å²) in [6.45, 7) is 2.09. The molecule has 0 atom stereocenters. The van der Waals surface area contributed by atoms with E-state index in [4.69, 9.17) is 10.00 Å². The second kappa shape index (κ2) is 4.46. The monoisotopic (exact) mass is 176 g/mol. The van der Waals surface area contributed by atoms with Crippen molar-refractivity contribution in [1.29, 1.82) is 5.26 Å². The number of ether oxygens (including phenoxy) is 1. The summed E-state index contributed by atoms with van der Waals surface area (Å²) in [5, 5.41) is 8.77. The molecule has 1 aromatic rings. The van der Waals surface area contributed by atoms with Crippen molar-refractivity contribution in [3.63, 3.8) is 0 Å². The molecule has 0 aromatic carbocycles. The molecule has 0 bridgehead atoms. The van der Waals surface area contributed by atoms with Gasteiger partial charge in [0.2, 0.25) is 5.88 Å². The van der Waals surface area contributed by atoms with Gasteiger partial charge in [0.15, 0.2) is 0 Å². The quantitative estimate of drug-likeness (QED) is 0.706. The van der Waals surface area contributed by atoms with Gasteiger partial charge in [-0.05, 0) is 18.1 Å². The molecule has 0 spiro atoms. The highest BCUT2D eigenvalue weighted by Crippen LogP contribution is 2.15. The summed E-state index contributed by atoms with van der Waals surface area (Å²) in [7, 11) is 1.52. The van der Waals surface area contributed by atoms with Crippen LogP contribution in [0.2, 0.25) is 0 Å². The van der Waals surface area contributed by atoms with E-state index < -0.39 is 0 Å². The van der Waals surface area contributed by atoms with Crippen molar-refractivity contribution in [3.05, 3.63) is 23.4 Å². The minimum Gasteiger partial charge on any atom is -0.480 e. The first-order valence-electron chi connectivity index (χ1n) is 4.24. The lowest BCUT2D eigenvalue weighted by atomic mass is 10.1. The summed E-state index contributed by atoms with van der Waals surface area (Å²) >= 11 is 0. The topological polar surface area (TPSA) is 45.9 Å². The highest BCUT2D eigenvalue weighted by Gasteiger charge is 2.03. The van der Waals surface area contributed by atoms with E-state index in [-0.39, 0.29) is 0 Å². The van der Waals surface area contributed by atoms with Crippen molar-refractivity contribution in [3.8, 4) is 11.9 Å². The Morgan fingerprint density at radius 2 is 2.38 bits per heavy atom. The molecule has 0 fully saturated rings. The van der Waals surface area contributed by atoms with Gasteiger partial charge in [0.05, 0.1) is 7.11 Å². The third kappa shape index (κ3) is 2.19. The third-order valence-electron chi connectivity index (χ3n) is 1.76. The van der Waals surface area contributed by atoms with E-state index >= 15 is 0 Å². The molecule has 0 saturated heterocycles. The summed E-state index contributed by atoms with van der Waals surface area (Å²) in [6, 6.07) is 3.89. The fourth-order valence-electron chi connectivity index (χ4n) is 1.16.